The van der Waals surface area contributed by atoms with Gasteiger partial charge >= 0.3 is 0 Å². The van der Waals surface area contributed by atoms with Gasteiger partial charge in [-0.3, -0.25) is 0 Å². The topological polar surface area (TPSA) is 26.0 Å². The zero-order valence-corrected chi connectivity index (χ0v) is 11.8. The van der Waals surface area contributed by atoms with Crippen LogP contribution in [-0.4, -0.2) is 0 Å². The van der Waals surface area contributed by atoms with E-state index in [1.54, 1.807) is 11.3 Å². The highest BCUT2D eigenvalue weighted by Gasteiger charge is 2.09. The molecule has 1 atom stereocenters. The van der Waals surface area contributed by atoms with Crippen LogP contribution in [0.5, 0.6) is 0 Å². The van der Waals surface area contributed by atoms with Crippen LogP contribution in [0.25, 0.3) is 10.8 Å². The summed E-state index contributed by atoms with van der Waals surface area (Å²) in [7, 11) is 0. The molecule has 1 nitrogen and oxygen atoms in total. The Labute approximate surface area is 117 Å². The lowest BCUT2D eigenvalue weighted by Gasteiger charge is -2.10. The quantitative estimate of drug-likeness (QED) is 0.745. The first kappa shape index (κ1) is 12.4. The third-order valence-electron chi connectivity index (χ3n) is 3.45. The molecule has 0 amide bonds. The summed E-state index contributed by atoms with van der Waals surface area (Å²) in [5.74, 6) is 0. The maximum atomic E-state index is 6.29. The van der Waals surface area contributed by atoms with Crippen molar-refractivity contribution in [3.63, 3.8) is 0 Å². The molecule has 96 valence electrons. The molecule has 2 aromatic carbocycles. The molecule has 0 spiro atoms. The van der Waals surface area contributed by atoms with Crippen LogP contribution in [0.3, 0.4) is 0 Å². The Bertz CT molecular complexity index is 699. The summed E-state index contributed by atoms with van der Waals surface area (Å²) in [5, 5.41) is 4.74. The first-order valence-electron chi connectivity index (χ1n) is 6.51. The summed E-state index contributed by atoms with van der Waals surface area (Å²) in [6.07, 6.45) is 0.890. The molecule has 1 aromatic heterocycles. The monoisotopic (exact) mass is 267 g/mol. The van der Waals surface area contributed by atoms with E-state index in [1.807, 2.05) is 0 Å². The fourth-order valence-corrected chi connectivity index (χ4v) is 3.16. The smallest absolute Gasteiger partial charge is 0.0344 e. The van der Waals surface area contributed by atoms with Gasteiger partial charge < -0.3 is 5.73 Å². The van der Waals surface area contributed by atoms with Gasteiger partial charge in [-0.1, -0.05) is 42.5 Å². The second-order valence-electron chi connectivity index (χ2n) is 4.98. The highest BCUT2D eigenvalue weighted by Crippen LogP contribution is 2.23. The summed E-state index contributed by atoms with van der Waals surface area (Å²) in [5.41, 5.74) is 8.84. The molecule has 2 heteroatoms. The highest BCUT2D eigenvalue weighted by molar-refractivity contribution is 7.10. The van der Waals surface area contributed by atoms with Crippen molar-refractivity contribution in [2.75, 3.05) is 0 Å². The number of aryl methyl sites for hydroxylation is 1. The Kier molecular flexibility index (Phi) is 3.36. The van der Waals surface area contributed by atoms with E-state index in [9.17, 15) is 0 Å². The average molecular weight is 267 g/mol. The summed E-state index contributed by atoms with van der Waals surface area (Å²) >= 11 is 1.77. The van der Waals surface area contributed by atoms with Crippen molar-refractivity contribution < 1.29 is 0 Å². The number of hydrogen-bond donors (Lipinski definition) is 1. The average Bonchev–Trinajstić information content (AvgIpc) is 2.85. The van der Waals surface area contributed by atoms with Crippen molar-refractivity contribution in [2.24, 2.45) is 5.73 Å². The van der Waals surface area contributed by atoms with Crippen molar-refractivity contribution >= 4 is 22.1 Å². The van der Waals surface area contributed by atoms with Crippen LogP contribution >= 0.6 is 11.3 Å². The molecule has 1 heterocycles. The SMILES string of the molecule is Cc1cc(C(N)Cc2ccc3ccccc3c2)cs1. The minimum atomic E-state index is 0.0890. The standard InChI is InChI=1S/C17H17NS/c1-12-8-16(11-19-12)17(18)10-13-6-7-14-4-2-3-5-15(14)9-13/h2-9,11,17H,10,18H2,1H3. The Morgan fingerprint density at radius 1 is 1.05 bits per heavy atom. The van der Waals surface area contributed by atoms with Gasteiger partial charge in [0.25, 0.3) is 0 Å². The predicted octanol–water partition coefficient (Wildman–Crippen LogP) is 4.45. The number of fused-ring (bicyclic) bond motifs is 1. The first-order valence-corrected chi connectivity index (χ1v) is 7.38. The Balaban J connectivity index is 1.84. The minimum absolute atomic E-state index is 0.0890. The molecule has 0 aliphatic rings. The van der Waals surface area contributed by atoms with E-state index >= 15 is 0 Å². The van der Waals surface area contributed by atoms with E-state index in [0.717, 1.165) is 6.42 Å². The first-order chi connectivity index (χ1) is 9.22. The third-order valence-corrected chi connectivity index (χ3v) is 4.33. The molecule has 0 aliphatic carbocycles. The zero-order chi connectivity index (χ0) is 13.2. The van der Waals surface area contributed by atoms with E-state index in [0.29, 0.717) is 0 Å². The highest BCUT2D eigenvalue weighted by atomic mass is 32.1. The molecule has 0 radical (unpaired) electrons. The van der Waals surface area contributed by atoms with E-state index < -0.39 is 0 Å². The van der Waals surface area contributed by atoms with Crippen LogP contribution in [0.2, 0.25) is 0 Å². The summed E-state index contributed by atoms with van der Waals surface area (Å²) < 4.78 is 0. The molecule has 0 bridgehead atoms. The van der Waals surface area contributed by atoms with Crippen molar-refractivity contribution in [2.45, 2.75) is 19.4 Å². The van der Waals surface area contributed by atoms with Gasteiger partial charge in [-0.25, -0.2) is 0 Å². The van der Waals surface area contributed by atoms with E-state index in [1.165, 1.54) is 26.8 Å². The number of hydrogen-bond acceptors (Lipinski definition) is 2. The Morgan fingerprint density at radius 3 is 2.58 bits per heavy atom. The molecule has 1 unspecified atom stereocenters. The Hall–Kier alpha value is -1.64. The molecule has 0 aliphatic heterocycles. The predicted molar refractivity (Wildman–Crippen MR) is 83.6 cm³/mol. The molecular formula is C17H17NS. The van der Waals surface area contributed by atoms with Gasteiger partial charge in [-0.05, 0) is 46.7 Å². The van der Waals surface area contributed by atoms with Crippen LogP contribution in [0.15, 0.2) is 53.9 Å². The molecule has 0 saturated heterocycles. The molecule has 0 saturated carbocycles. The van der Waals surface area contributed by atoms with Gasteiger partial charge in [0.2, 0.25) is 0 Å². The Morgan fingerprint density at radius 2 is 1.84 bits per heavy atom. The summed E-state index contributed by atoms with van der Waals surface area (Å²) in [4.78, 5) is 1.32. The second-order valence-corrected chi connectivity index (χ2v) is 6.10. The number of rotatable bonds is 3. The van der Waals surface area contributed by atoms with Crippen LogP contribution < -0.4 is 5.73 Å². The van der Waals surface area contributed by atoms with Crippen LogP contribution in [-0.2, 0) is 6.42 Å². The molecule has 3 aromatic rings. The van der Waals surface area contributed by atoms with Crippen LogP contribution in [0.1, 0.15) is 22.0 Å². The number of nitrogens with two attached hydrogens (primary N) is 1. The maximum absolute atomic E-state index is 6.29. The second kappa shape index (κ2) is 5.16. The number of benzene rings is 2. The van der Waals surface area contributed by atoms with Crippen LogP contribution in [0, 0.1) is 6.92 Å². The fraction of sp³-hybridized carbons (Fsp3) is 0.176. The van der Waals surface area contributed by atoms with E-state index in [-0.39, 0.29) is 6.04 Å². The zero-order valence-electron chi connectivity index (χ0n) is 11.0. The van der Waals surface area contributed by atoms with Crippen molar-refractivity contribution in [3.8, 4) is 0 Å². The summed E-state index contributed by atoms with van der Waals surface area (Å²) in [6.45, 7) is 2.12. The minimum Gasteiger partial charge on any atom is -0.324 e. The lowest BCUT2D eigenvalue weighted by atomic mass is 9.99. The van der Waals surface area contributed by atoms with E-state index in [2.05, 4.69) is 60.8 Å². The molecular weight excluding hydrogens is 250 g/mol. The molecule has 2 N–H and O–H groups in total. The van der Waals surface area contributed by atoms with Crippen LogP contribution in [0.4, 0.5) is 0 Å². The summed E-state index contributed by atoms with van der Waals surface area (Å²) in [6, 6.07) is 17.3. The van der Waals surface area contributed by atoms with Gasteiger partial charge in [0.05, 0.1) is 0 Å². The molecule has 19 heavy (non-hydrogen) atoms. The van der Waals surface area contributed by atoms with Gasteiger partial charge in [-0.2, -0.15) is 0 Å². The largest absolute Gasteiger partial charge is 0.324 e. The molecule has 3 rings (SSSR count). The van der Waals surface area contributed by atoms with E-state index in [4.69, 9.17) is 5.73 Å². The lowest BCUT2D eigenvalue weighted by molar-refractivity contribution is 0.725. The fourth-order valence-electron chi connectivity index (χ4n) is 2.40. The molecule has 0 fully saturated rings. The van der Waals surface area contributed by atoms with Crippen molar-refractivity contribution in [3.05, 3.63) is 69.9 Å². The van der Waals surface area contributed by atoms with Gasteiger partial charge in [-0.15, -0.1) is 11.3 Å². The van der Waals surface area contributed by atoms with Crippen molar-refractivity contribution in [1.82, 2.24) is 0 Å². The van der Waals surface area contributed by atoms with Gasteiger partial charge in [0.1, 0.15) is 0 Å². The van der Waals surface area contributed by atoms with Gasteiger partial charge in [0.15, 0.2) is 0 Å². The maximum Gasteiger partial charge on any atom is 0.0344 e. The normalized spacial score (nSPS) is 12.7. The third kappa shape index (κ3) is 2.70. The number of thiophene rings is 1. The van der Waals surface area contributed by atoms with Crippen molar-refractivity contribution in [1.29, 1.82) is 0 Å². The lowest BCUT2D eigenvalue weighted by Crippen LogP contribution is -2.12. The van der Waals surface area contributed by atoms with Gasteiger partial charge in [0, 0.05) is 10.9 Å².